The van der Waals surface area contributed by atoms with Crippen LogP contribution in [-0.4, -0.2) is 32.5 Å². The summed E-state index contributed by atoms with van der Waals surface area (Å²) in [6, 6.07) is 6.10. The van der Waals surface area contributed by atoms with Crippen molar-refractivity contribution in [1.82, 2.24) is 19.5 Å². The third-order valence-electron chi connectivity index (χ3n) is 4.18. The Morgan fingerprint density at radius 2 is 2.17 bits per heavy atom. The highest BCUT2D eigenvalue weighted by Gasteiger charge is 2.18. The van der Waals surface area contributed by atoms with Gasteiger partial charge in [-0.25, -0.2) is 9.31 Å². The summed E-state index contributed by atoms with van der Waals surface area (Å²) in [4.78, 5) is 28.9. The maximum absolute atomic E-state index is 12.3. The van der Waals surface area contributed by atoms with Crippen LogP contribution in [0.3, 0.4) is 0 Å². The van der Waals surface area contributed by atoms with Gasteiger partial charge in [0.1, 0.15) is 17.7 Å². The van der Waals surface area contributed by atoms with E-state index < -0.39 is 5.97 Å². The summed E-state index contributed by atoms with van der Waals surface area (Å²) >= 11 is 0. The summed E-state index contributed by atoms with van der Waals surface area (Å²) in [5.41, 5.74) is 3.49. The molecule has 122 valence electrons. The number of carbonyl (C=O) groups excluding carboxylic acids is 1. The minimum Gasteiger partial charge on any atom is -0.457 e. The molecule has 1 N–H and O–H groups in total. The number of ether oxygens (including phenoxy) is 1. The molecular weight excluding hydrogens is 308 g/mol. The number of nitrogens with one attached hydrogen (secondary N) is 1. The molecule has 0 atom stereocenters. The second-order valence-electron chi connectivity index (χ2n) is 5.99. The first-order chi connectivity index (χ1) is 11.6. The van der Waals surface area contributed by atoms with E-state index >= 15 is 0 Å². The highest BCUT2D eigenvalue weighted by atomic mass is 16.5. The number of carbonyl (C=O) groups is 1. The van der Waals surface area contributed by atoms with Gasteiger partial charge in [-0.3, -0.25) is 9.69 Å². The molecule has 24 heavy (non-hydrogen) atoms. The Kier molecular flexibility index (Phi) is 3.42. The average Bonchev–Trinajstić information content (AvgIpc) is 3.15. The second-order valence-corrected chi connectivity index (χ2v) is 5.99. The fourth-order valence-electron chi connectivity index (χ4n) is 3.04. The lowest BCUT2D eigenvalue weighted by Crippen LogP contribution is -2.13. The van der Waals surface area contributed by atoms with Gasteiger partial charge in [-0.1, -0.05) is 18.2 Å². The van der Waals surface area contributed by atoms with Gasteiger partial charge in [-0.15, -0.1) is 0 Å². The molecule has 0 bridgehead atoms. The van der Waals surface area contributed by atoms with Crippen LogP contribution in [0.1, 0.15) is 27.0 Å². The van der Waals surface area contributed by atoms with Crippen LogP contribution in [0.5, 0.6) is 0 Å². The molecular formula is C17H16N4O3. The molecule has 3 heterocycles. The number of nitrogens with zero attached hydrogens (tertiary/aromatic N) is 3. The number of esters is 1. The SMILES string of the molecule is CN1Cc2ccc(COC(=O)c3cnn4cc[nH]c(=O)c34)cc2C1. The monoisotopic (exact) mass is 324 g/mol. The molecule has 0 unspecified atom stereocenters. The normalized spacial score (nSPS) is 14.0. The van der Waals surface area contributed by atoms with E-state index in [1.54, 1.807) is 6.20 Å². The topological polar surface area (TPSA) is 79.7 Å². The number of H-pyrrole nitrogens is 1. The molecule has 1 aliphatic rings. The molecule has 7 nitrogen and oxygen atoms in total. The second kappa shape index (κ2) is 5.61. The predicted molar refractivity (Wildman–Crippen MR) is 86.5 cm³/mol. The van der Waals surface area contributed by atoms with Gasteiger partial charge in [0, 0.05) is 25.5 Å². The molecule has 0 fully saturated rings. The van der Waals surface area contributed by atoms with Gasteiger partial charge in [-0.05, 0) is 23.7 Å². The average molecular weight is 324 g/mol. The summed E-state index contributed by atoms with van der Waals surface area (Å²) in [5, 5.41) is 4.00. The first-order valence-corrected chi connectivity index (χ1v) is 7.63. The Hall–Kier alpha value is -2.93. The summed E-state index contributed by atoms with van der Waals surface area (Å²) in [6.07, 6.45) is 4.40. The van der Waals surface area contributed by atoms with Crippen molar-refractivity contribution in [2.24, 2.45) is 0 Å². The molecule has 0 saturated heterocycles. The van der Waals surface area contributed by atoms with Gasteiger partial charge in [0.25, 0.3) is 5.56 Å². The van der Waals surface area contributed by atoms with Crippen LogP contribution >= 0.6 is 0 Å². The van der Waals surface area contributed by atoms with Crippen molar-refractivity contribution in [2.45, 2.75) is 19.7 Å². The number of benzene rings is 1. The van der Waals surface area contributed by atoms with Crippen LogP contribution in [0.4, 0.5) is 0 Å². The van der Waals surface area contributed by atoms with E-state index in [0.29, 0.717) is 0 Å². The van der Waals surface area contributed by atoms with E-state index in [1.807, 2.05) is 6.07 Å². The molecule has 3 aromatic rings. The summed E-state index contributed by atoms with van der Waals surface area (Å²) < 4.78 is 6.73. The molecule has 0 amide bonds. The van der Waals surface area contributed by atoms with Gasteiger partial charge < -0.3 is 9.72 Å². The highest BCUT2D eigenvalue weighted by molar-refractivity contribution is 5.96. The van der Waals surface area contributed by atoms with Crippen molar-refractivity contribution in [1.29, 1.82) is 0 Å². The first-order valence-electron chi connectivity index (χ1n) is 7.63. The first kappa shape index (κ1) is 14.6. The molecule has 1 aromatic carbocycles. The summed E-state index contributed by atoms with van der Waals surface area (Å²) in [7, 11) is 2.07. The van der Waals surface area contributed by atoms with E-state index in [9.17, 15) is 9.59 Å². The Labute approximate surface area is 137 Å². The smallest absolute Gasteiger partial charge is 0.342 e. The molecule has 0 saturated carbocycles. The van der Waals surface area contributed by atoms with Crippen molar-refractivity contribution in [3.8, 4) is 0 Å². The lowest BCUT2D eigenvalue weighted by molar-refractivity contribution is 0.0475. The number of hydrogen-bond acceptors (Lipinski definition) is 5. The molecule has 1 aliphatic heterocycles. The van der Waals surface area contributed by atoms with E-state index in [1.165, 1.54) is 28.0 Å². The lowest BCUT2D eigenvalue weighted by atomic mass is 10.1. The zero-order valence-electron chi connectivity index (χ0n) is 13.2. The van der Waals surface area contributed by atoms with Crippen LogP contribution in [0.2, 0.25) is 0 Å². The van der Waals surface area contributed by atoms with E-state index in [2.05, 4.69) is 34.2 Å². The maximum Gasteiger partial charge on any atom is 0.342 e. The van der Waals surface area contributed by atoms with Gasteiger partial charge in [0.05, 0.1) is 6.20 Å². The van der Waals surface area contributed by atoms with Crippen molar-refractivity contribution in [3.05, 3.63) is 69.4 Å². The minimum atomic E-state index is -0.556. The number of aromatic nitrogens is 3. The van der Waals surface area contributed by atoms with Crippen molar-refractivity contribution >= 4 is 11.5 Å². The van der Waals surface area contributed by atoms with Crippen LogP contribution in [0.25, 0.3) is 5.52 Å². The number of aromatic amines is 1. The van der Waals surface area contributed by atoms with Gasteiger partial charge in [0.15, 0.2) is 0 Å². The number of fused-ring (bicyclic) bond motifs is 2. The Bertz CT molecular complexity index is 989. The number of hydrogen-bond donors (Lipinski definition) is 1. The molecule has 0 aliphatic carbocycles. The lowest BCUT2D eigenvalue weighted by Gasteiger charge is -2.06. The van der Waals surface area contributed by atoms with Crippen molar-refractivity contribution < 1.29 is 9.53 Å². The zero-order chi connectivity index (χ0) is 16.7. The molecule has 2 aromatic heterocycles. The highest BCUT2D eigenvalue weighted by Crippen LogP contribution is 2.22. The van der Waals surface area contributed by atoms with E-state index in [0.717, 1.165) is 18.7 Å². The summed E-state index contributed by atoms with van der Waals surface area (Å²) in [6.45, 7) is 2.01. The van der Waals surface area contributed by atoms with Gasteiger partial charge >= 0.3 is 5.97 Å². The van der Waals surface area contributed by atoms with Crippen LogP contribution in [0.15, 0.2) is 41.6 Å². The standard InChI is InChI=1S/C17H16N4O3/c1-20-8-12-3-2-11(6-13(12)9-20)10-24-17(23)14-7-19-21-5-4-18-16(22)15(14)21/h2-7H,8-10H2,1H3,(H,18,22). The van der Waals surface area contributed by atoms with E-state index in [4.69, 9.17) is 4.74 Å². The molecule has 4 rings (SSSR count). The van der Waals surface area contributed by atoms with Crippen molar-refractivity contribution in [3.63, 3.8) is 0 Å². The third kappa shape index (κ3) is 2.48. The van der Waals surface area contributed by atoms with Gasteiger partial charge in [0.2, 0.25) is 0 Å². The summed E-state index contributed by atoms with van der Waals surface area (Å²) in [5.74, 6) is -0.556. The predicted octanol–water partition coefficient (Wildman–Crippen LogP) is 1.32. The van der Waals surface area contributed by atoms with Crippen LogP contribution in [-0.2, 0) is 24.4 Å². The van der Waals surface area contributed by atoms with Crippen LogP contribution in [0, 0.1) is 0 Å². The number of rotatable bonds is 3. The van der Waals surface area contributed by atoms with Crippen LogP contribution < -0.4 is 5.56 Å². The Morgan fingerprint density at radius 3 is 3.04 bits per heavy atom. The Morgan fingerprint density at radius 1 is 1.33 bits per heavy atom. The largest absolute Gasteiger partial charge is 0.457 e. The zero-order valence-corrected chi connectivity index (χ0v) is 13.2. The van der Waals surface area contributed by atoms with Gasteiger partial charge in [-0.2, -0.15) is 5.10 Å². The minimum absolute atomic E-state index is 0.165. The fourth-order valence-corrected chi connectivity index (χ4v) is 3.04. The fraction of sp³-hybridized carbons (Fsp3) is 0.235. The van der Waals surface area contributed by atoms with Crippen molar-refractivity contribution in [2.75, 3.05) is 7.05 Å². The molecule has 0 radical (unpaired) electrons. The van der Waals surface area contributed by atoms with E-state index in [-0.39, 0.29) is 23.2 Å². The molecule has 0 spiro atoms. The molecule has 7 heteroatoms. The maximum atomic E-state index is 12.3. The Balaban J connectivity index is 1.53. The quantitative estimate of drug-likeness (QED) is 0.735. The third-order valence-corrected chi connectivity index (χ3v) is 4.18.